The summed E-state index contributed by atoms with van der Waals surface area (Å²) >= 11 is 1.70. The maximum absolute atomic E-state index is 11.3. The lowest BCUT2D eigenvalue weighted by molar-refractivity contribution is -0.143. The Morgan fingerprint density at radius 3 is 3.06 bits per heavy atom. The van der Waals surface area contributed by atoms with Gasteiger partial charge in [-0.25, -0.2) is 4.98 Å². The molecule has 0 amide bonds. The quantitative estimate of drug-likeness (QED) is 0.771. The van der Waals surface area contributed by atoms with Crippen LogP contribution in [0.1, 0.15) is 42.8 Å². The van der Waals surface area contributed by atoms with Gasteiger partial charge in [0, 0.05) is 30.9 Å². The molecule has 1 aliphatic heterocycles. The average Bonchev–Trinajstić information content (AvgIpc) is 2.87. The zero-order valence-electron chi connectivity index (χ0n) is 10.7. The number of ether oxygens (including phenoxy) is 2. The van der Waals surface area contributed by atoms with Crippen molar-refractivity contribution in [2.75, 3.05) is 19.8 Å². The van der Waals surface area contributed by atoms with Gasteiger partial charge in [0.15, 0.2) is 0 Å². The Morgan fingerprint density at radius 1 is 1.56 bits per heavy atom. The SMILES string of the molecule is CCOC(=O)CCc1csc(C2CCOCC2)n1. The summed E-state index contributed by atoms with van der Waals surface area (Å²) in [6.45, 7) is 3.94. The number of thiazole rings is 1. The topological polar surface area (TPSA) is 48.4 Å². The van der Waals surface area contributed by atoms with Crippen LogP contribution < -0.4 is 0 Å². The van der Waals surface area contributed by atoms with Gasteiger partial charge in [-0.2, -0.15) is 0 Å². The van der Waals surface area contributed by atoms with Crippen molar-refractivity contribution in [2.24, 2.45) is 0 Å². The molecule has 0 radical (unpaired) electrons. The molecule has 18 heavy (non-hydrogen) atoms. The predicted octanol–water partition coefficient (Wildman–Crippen LogP) is 2.53. The second kappa shape index (κ2) is 6.85. The number of rotatable bonds is 5. The summed E-state index contributed by atoms with van der Waals surface area (Å²) in [6.07, 6.45) is 3.22. The Kier molecular flexibility index (Phi) is 5.13. The fourth-order valence-electron chi connectivity index (χ4n) is 2.03. The first-order chi connectivity index (χ1) is 8.79. The van der Waals surface area contributed by atoms with Crippen LogP contribution in [0.4, 0.5) is 0 Å². The van der Waals surface area contributed by atoms with E-state index in [0.717, 1.165) is 31.7 Å². The van der Waals surface area contributed by atoms with E-state index < -0.39 is 0 Å². The first-order valence-corrected chi connectivity index (χ1v) is 7.35. The van der Waals surface area contributed by atoms with Crippen LogP contribution >= 0.6 is 11.3 Å². The van der Waals surface area contributed by atoms with E-state index in [-0.39, 0.29) is 5.97 Å². The molecule has 1 aliphatic rings. The maximum atomic E-state index is 11.3. The van der Waals surface area contributed by atoms with Gasteiger partial charge in [0.2, 0.25) is 0 Å². The molecule has 0 saturated carbocycles. The molecule has 1 saturated heterocycles. The summed E-state index contributed by atoms with van der Waals surface area (Å²) in [5.41, 5.74) is 1.01. The standard InChI is InChI=1S/C13H19NO3S/c1-2-17-12(15)4-3-11-9-18-13(14-11)10-5-7-16-8-6-10/h9-10H,2-8H2,1H3. The van der Waals surface area contributed by atoms with Crippen molar-refractivity contribution in [3.8, 4) is 0 Å². The van der Waals surface area contributed by atoms with Crippen molar-refractivity contribution in [1.29, 1.82) is 0 Å². The smallest absolute Gasteiger partial charge is 0.306 e. The molecule has 1 aromatic rings. The molecule has 0 aliphatic carbocycles. The largest absolute Gasteiger partial charge is 0.466 e. The summed E-state index contributed by atoms with van der Waals surface area (Å²) in [5, 5.41) is 3.25. The van der Waals surface area contributed by atoms with Crippen LogP contribution in [-0.2, 0) is 20.7 Å². The monoisotopic (exact) mass is 269 g/mol. The first-order valence-electron chi connectivity index (χ1n) is 6.47. The maximum Gasteiger partial charge on any atom is 0.306 e. The van der Waals surface area contributed by atoms with Gasteiger partial charge in [0.05, 0.1) is 23.7 Å². The van der Waals surface area contributed by atoms with Crippen LogP contribution in [0.2, 0.25) is 0 Å². The zero-order chi connectivity index (χ0) is 12.8. The van der Waals surface area contributed by atoms with Crippen LogP contribution in [0.15, 0.2) is 5.38 Å². The number of esters is 1. The van der Waals surface area contributed by atoms with Gasteiger partial charge in [-0.1, -0.05) is 0 Å². The van der Waals surface area contributed by atoms with E-state index in [0.29, 0.717) is 25.4 Å². The minimum absolute atomic E-state index is 0.141. The third kappa shape index (κ3) is 3.78. The highest BCUT2D eigenvalue weighted by atomic mass is 32.1. The van der Waals surface area contributed by atoms with Gasteiger partial charge in [-0.05, 0) is 19.8 Å². The van der Waals surface area contributed by atoms with Crippen molar-refractivity contribution < 1.29 is 14.3 Å². The van der Waals surface area contributed by atoms with Crippen LogP contribution in [0.5, 0.6) is 0 Å². The molecule has 0 N–H and O–H groups in total. The van der Waals surface area contributed by atoms with Crippen molar-refractivity contribution in [3.05, 3.63) is 16.1 Å². The third-order valence-corrected chi connectivity index (χ3v) is 4.09. The molecule has 1 fully saturated rings. The van der Waals surface area contributed by atoms with E-state index in [2.05, 4.69) is 10.4 Å². The van der Waals surface area contributed by atoms with Gasteiger partial charge in [-0.3, -0.25) is 4.79 Å². The molecule has 2 rings (SSSR count). The van der Waals surface area contributed by atoms with Gasteiger partial charge in [0.25, 0.3) is 0 Å². The Hall–Kier alpha value is -0.940. The normalized spacial score (nSPS) is 16.7. The number of hydrogen-bond acceptors (Lipinski definition) is 5. The fourth-order valence-corrected chi connectivity index (χ4v) is 3.06. The van der Waals surface area contributed by atoms with Crippen LogP contribution in [0.3, 0.4) is 0 Å². The number of carbonyl (C=O) groups excluding carboxylic acids is 1. The summed E-state index contributed by atoms with van der Waals surface area (Å²) in [7, 11) is 0. The molecular weight excluding hydrogens is 250 g/mol. The van der Waals surface area contributed by atoms with E-state index in [1.54, 1.807) is 11.3 Å². The highest BCUT2D eigenvalue weighted by molar-refractivity contribution is 7.09. The van der Waals surface area contributed by atoms with E-state index in [4.69, 9.17) is 9.47 Å². The molecule has 0 spiro atoms. The molecule has 4 nitrogen and oxygen atoms in total. The lowest BCUT2D eigenvalue weighted by Crippen LogP contribution is -2.14. The molecule has 0 bridgehead atoms. The van der Waals surface area contributed by atoms with Crippen molar-refractivity contribution in [1.82, 2.24) is 4.98 Å². The van der Waals surface area contributed by atoms with E-state index in [1.807, 2.05) is 6.92 Å². The number of hydrogen-bond donors (Lipinski definition) is 0. The third-order valence-electron chi connectivity index (χ3n) is 3.03. The number of carbonyl (C=O) groups is 1. The Labute approximate surface area is 111 Å². The summed E-state index contributed by atoms with van der Waals surface area (Å²) in [6, 6.07) is 0. The lowest BCUT2D eigenvalue weighted by atomic mass is 10.0. The molecular formula is C13H19NO3S. The summed E-state index contributed by atoms with van der Waals surface area (Å²) in [5.74, 6) is 0.401. The van der Waals surface area contributed by atoms with Crippen LogP contribution in [0.25, 0.3) is 0 Å². The fraction of sp³-hybridized carbons (Fsp3) is 0.692. The van der Waals surface area contributed by atoms with Crippen molar-refractivity contribution in [2.45, 2.75) is 38.5 Å². The number of aromatic nitrogens is 1. The van der Waals surface area contributed by atoms with E-state index in [1.165, 1.54) is 5.01 Å². The zero-order valence-corrected chi connectivity index (χ0v) is 11.5. The molecule has 0 atom stereocenters. The Balaban J connectivity index is 1.83. The molecule has 5 heteroatoms. The lowest BCUT2D eigenvalue weighted by Gasteiger charge is -2.19. The van der Waals surface area contributed by atoms with Gasteiger partial charge in [-0.15, -0.1) is 11.3 Å². The molecule has 0 unspecified atom stereocenters. The average molecular weight is 269 g/mol. The van der Waals surface area contributed by atoms with Crippen molar-refractivity contribution in [3.63, 3.8) is 0 Å². The van der Waals surface area contributed by atoms with Crippen molar-refractivity contribution >= 4 is 17.3 Å². The number of aryl methyl sites for hydroxylation is 1. The summed E-state index contributed by atoms with van der Waals surface area (Å²) in [4.78, 5) is 15.9. The van der Waals surface area contributed by atoms with Gasteiger partial charge in [0.1, 0.15) is 0 Å². The highest BCUT2D eigenvalue weighted by Crippen LogP contribution is 2.29. The first kappa shape index (κ1) is 13.5. The minimum atomic E-state index is -0.141. The predicted molar refractivity (Wildman–Crippen MR) is 69.9 cm³/mol. The molecule has 100 valence electrons. The Bertz CT molecular complexity index is 385. The van der Waals surface area contributed by atoms with E-state index in [9.17, 15) is 4.79 Å². The highest BCUT2D eigenvalue weighted by Gasteiger charge is 2.19. The van der Waals surface area contributed by atoms with Crippen LogP contribution in [0, 0.1) is 0 Å². The minimum Gasteiger partial charge on any atom is -0.466 e. The van der Waals surface area contributed by atoms with Gasteiger partial charge < -0.3 is 9.47 Å². The van der Waals surface area contributed by atoms with Crippen LogP contribution in [-0.4, -0.2) is 30.8 Å². The molecule has 1 aromatic heterocycles. The number of nitrogens with zero attached hydrogens (tertiary/aromatic N) is 1. The summed E-state index contributed by atoms with van der Waals surface area (Å²) < 4.78 is 10.3. The van der Waals surface area contributed by atoms with E-state index >= 15 is 0 Å². The Morgan fingerprint density at radius 2 is 2.33 bits per heavy atom. The second-order valence-corrected chi connectivity index (χ2v) is 5.26. The molecule has 0 aromatic carbocycles. The second-order valence-electron chi connectivity index (χ2n) is 4.37. The molecule has 2 heterocycles. The van der Waals surface area contributed by atoms with Gasteiger partial charge >= 0.3 is 5.97 Å².